The van der Waals surface area contributed by atoms with Gasteiger partial charge in [-0.1, -0.05) is 12.1 Å². The Bertz CT molecular complexity index is 1150. The monoisotopic (exact) mass is 537 g/mol. The molecule has 0 unspecified atom stereocenters. The van der Waals surface area contributed by atoms with Crippen LogP contribution in [0.2, 0.25) is 0 Å². The van der Waals surface area contributed by atoms with Gasteiger partial charge in [0, 0.05) is 32.8 Å². The molecule has 0 bridgehead atoms. The number of aromatic nitrogens is 1. The number of hydrogen-bond donors (Lipinski definition) is 4. The second-order valence-electron chi connectivity index (χ2n) is 10.6. The van der Waals surface area contributed by atoms with Gasteiger partial charge in [-0.3, -0.25) is 19.4 Å². The third-order valence-corrected chi connectivity index (χ3v) is 7.37. The molecule has 1 aromatic heterocycles. The Hall–Kier alpha value is -3.66. The number of aryl methyl sites for hydroxylation is 1. The van der Waals surface area contributed by atoms with E-state index in [9.17, 15) is 19.5 Å². The standard InChI is InChI=1S/C29H39N5O5/c1-18-17-32-26(21-10-11-21)29(38)34(3)19(2)27(36)33-24(16-20-8-12-22(35)13-9-20)28(37)31-15-4-6-23-25(39-18)7-5-14-30-23/h5,7-9,12-14,18-19,21,24,26,32,35H,4,6,10-11,15-17H2,1-3H3,(H,31,37)(H,33,36)/t18-,19-,24-,26+/m1/s1. The van der Waals surface area contributed by atoms with Crippen molar-refractivity contribution in [3.05, 3.63) is 53.9 Å². The highest BCUT2D eigenvalue weighted by molar-refractivity contribution is 5.93. The first kappa shape index (κ1) is 28.4. The summed E-state index contributed by atoms with van der Waals surface area (Å²) in [4.78, 5) is 45.9. The molecule has 4 N–H and O–H groups in total. The smallest absolute Gasteiger partial charge is 0.243 e. The summed E-state index contributed by atoms with van der Waals surface area (Å²) in [6, 6.07) is 8.20. The van der Waals surface area contributed by atoms with E-state index < -0.39 is 24.0 Å². The van der Waals surface area contributed by atoms with E-state index in [1.54, 1.807) is 44.4 Å². The Morgan fingerprint density at radius 3 is 2.54 bits per heavy atom. The van der Waals surface area contributed by atoms with E-state index >= 15 is 0 Å². The molecule has 4 rings (SSSR count). The molecule has 3 amide bonds. The molecule has 1 fully saturated rings. The van der Waals surface area contributed by atoms with Gasteiger partial charge in [0.15, 0.2) is 0 Å². The van der Waals surface area contributed by atoms with Gasteiger partial charge in [0.2, 0.25) is 17.7 Å². The highest BCUT2D eigenvalue weighted by Gasteiger charge is 2.39. The van der Waals surface area contributed by atoms with Gasteiger partial charge < -0.3 is 30.7 Å². The van der Waals surface area contributed by atoms with Crippen LogP contribution in [0.3, 0.4) is 0 Å². The fourth-order valence-electron chi connectivity index (χ4n) is 4.70. The van der Waals surface area contributed by atoms with Crippen LogP contribution in [-0.4, -0.2) is 77.1 Å². The quantitative estimate of drug-likeness (QED) is 0.467. The SMILES string of the molecule is C[C@@H]1CN[C@@H](C2CC2)C(=O)N(C)[C@H](C)C(=O)N[C@H](Cc2ccc(O)cc2)C(=O)NCCCc2ncccc2O1. The molecule has 39 heavy (non-hydrogen) atoms. The van der Waals surface area contributed by atoms with E-state index in [4.69, 9.17) is 4.74 Å². The number of nitrogens with zero attached hydrogens (tertiary/aromatic N) is 2. The van der Waals surface area contributed by atoms with Crippen molar-refractivity contribution < 1.29 is 24.2 Å². The number of nitrogens with one attached hydrogen (secondary N) is 3. The average molecular weight is 538 g/mol. The number of pyridine rings is 1. The van der Waals surface area contributed by atoms with Crippen LogP contribution < -0.4 is 20.7 Å². The lowest BCUT2D eigenvalue weighted by Gasteiger charge is -2.31. The second-order valence-corrected chi connectivity index (χ2v) is 10.6. The van der Waals surface area contributed by atoms with Gasteiger partial charge in [-0.25, -0.2) is 0 Å². The fraction of sp³-hybridized carbons (Fsp3) is 0.517. The lowest BCUT2D eigenvalue weighted by molar-refractivity contribution is -0.141. The molecule has 0 saturated heterocycles. The van der Waals surface area contributed by atoms with Crippen molar-refractivity contribution in [3.63, 3.8) is 0 Å². The minimum Gasteiger partial charge on any atom is -0.508 e. The Morgan fingerprint density at radius 2 is 1.82 bits per heavy atom. The Labute approximate surface area is 229 Å². The molecule has 1 aliphatic carbocycles. The summed E-state index contributed by atoms with van der Waals surface area (Å²) in [5, 5.41) is 18.8. The normalized spacial score (nSPS) is 25.9. The van der Waals surface area contributed by atoms with Crippen LogP contribution in [0.25, 0.3) is 0 Å². The van der Waals surface area contributed by atoms with Crippen LogP contribution in [0.5, 0.6) is 11.5 Å². The summed E-state index contributed by atoms with van der Waals surface area (Å²) < 4.78 is 6.18. The van der Waals surface area contributed by atoms with Gasteiger partial charge in [-0.15, -0.1) is 0 Å². The molecule has 210 valence electrons. The largest absolute Gasteiger partial charge is 0.508 e. The molecule has 1 aromatic carbocycles. The first-order chi connectivity index (χ1) is 18.7. The minimum absolute atomic E-state index is 0.122. The molecule has 0 radical (unpaired) electrons. The molecule has 10 heteroatoms. The van der Waals surface area contributed by atoms with Crippen molar-refractivity contribution in [1.82, 2.24) is 25.8 Å². The molecule has 0 spiro atoms. The number of aromatic hydroxyl groups is 1. The van der Waals surface area contributed by atoms with Crippen LogP contribution in [0.4, 0.5) is 0 Å². The molecular formula is C29H39N5O5. The second kappa shape index (κ2) is 12.9. The number of phenolic OH excluding ortho intramolecular Hbond substituents is 1. The molecular weight excluding hydrogens is 498 g/mol. The fourth-order valence-corrected chi connectivity index (χ4v) is 4.70. The molecule has 2 heterocycles. The number of hydrogen-bond acceptors (Lipinski definition) is 7. The number of rotatable bonds is 3. The van der Waals surface area contributed by atoms with Crippen LogP contribution >= 0.6 is 0 Å². The van der Waals surface area contributed by atoms with Gasteiger partial charge in [0.05, 0.1) is 11.7 Å². The molecule has 1 aliphatic heterocycles. The van der Waals surface area contributed by atoms with Crippen molar-refractivity contribution in [2.75, 3.05) is 20.1 Å². The number of carbonyl (C=O) groups is 3. The number of likely N-dealkylation sites (N-methyl/N-ethyl adjacent to an activating group) is 1. The molecule has 1 saturated carbocycles. The van der Waals surface area contributed by atoms with Crippen molar-refractivity contribution in [2.24, 2.45) is 5.92 Å². The average Bonchev–Trinajstić information content (AvgIpc) is 3.76. The van der Waals surface area contributed by atoms with Crippen molar-refractivity contribution >= 4 is 17.7 Å². The Balaban J connectivity index is 1.56. The molecule has 4 atom stereocenters. The number of amides is 3. The highest BCUT2D eigenvalue weighted by Crippen LogP contribution is 2.33. The molecule has 10 nitrogen and oxygen atoms in total. The van der Waals surface area contributed by atoms with Crippen LogP contribution in [-0.2, 0) is 27.2 Å². The topological polar surface area (TPSA) is 133 Å². The van der Waals surface area contributed by atoms with E-state index in [0.29, 0.717) is 31.7 Å². The van der Waals surface area contributed by atoms with Crippen LogP contribution in [0.1, 0.15) is 44.4 Å². The number of ether oxygens (including phenoxy) is 1. The van der Waals surface area contributed by atoms with Gasteiger partial charge in [-0.05, 0) is 75.3 Å². The maximum atomic E-state index is 13.5. The van der Waals surface area contributed by atoms with E-state index in [1.807, 2.05) is 19.1 Å². The highest BCUT2D eigenvalue weighted by atomic mass is 16.5. The summed E-state index contributed by atoms with van der Waals surface area (Å²) in [7, 11) is 1.62. The first-order valence-electron chi connectivity index (χ1n) is 13.7. The maximum Gasteiger partial charge on any atom is 0.243 e. The van der Waals surface area contributed by atoms with Gasteiger partial charge in [0.25, 0.3) is 0 Å². The lowest BCUT2D eigenvalue weighted by Crippen LogP contribution is -2.57. The van der Waals surface area contributed by atoms with Gasteiger partial charge in [0.1, 0.15) is 29.7 Å². The zero-order valence-corrected chi connectivity index (χ0v) is 22.9. The van der Waals surface area contributed by atoms with E-state index in [1.165, 1.54) is 4.90 Å². The Kier molecular flexibility index (Phi) is 9.40. The predicted molar refractivity (Wildman–Crippen MR) is 146 cm³/mol. The summed E-state index contributed by atoms with van der Waals surface area (Å²) in [5.41, 5.74) is 1.59. The maximum absolute atomic E-state index is 13.5. The number of fused-ring (bicyclic) bond motifs is 1. The van der Waals surface area contributed by atoms with Gasteiger partial charge in [-0.2, -0.15) is 0 Å². The zero-order chi connectivity index (χ0) is 27.9. The van der Waals surface area contributed by atoms with Gasteiger partial charge >= 0.3 is 0 Å². The third-order valence-electron chi connectivity index (χ3n) is 7.37. The summed E-state index contributed by atoms with van der Waals surface area (Å²) in [6.45, 7) is 4.48. The Morgan fingerprint density at radius 1 is 1.08 bits per heavy atom. The number of carbonyl (C=O) groups excluding carboxylic acids is 3. The number of phenols is 1. The van der Waals surface area contributed by atoms with Crippen LogP contribution in [0, 0.1) is 5.92 Å². The summed E-state index contributed by atoms with van der Waals surface area (Å²) in [5.74, 6) is 0.149. The summed E-state index contributed by atoms with van der Waals surface area (Å²) >= 11 is 0. The van der Waals surface area contributed by atoms with E-state index in [-0.39, 0.29) is 36.0 Å². The third kappa shape index (κ3) is 7.69. The van der Waals surface area contributed by atoms with Crippen LogP contribution in [0.15, 0.2) is 42.6 Å². The van der Waals surface area contributed by atoms with E-state index in [2.05, 4.69) is 20.9 Å². The zero-order valence-electron chi connectivity index (χ0n) is 22.9. The van der Waals surface area contributed by atoms with E-state index in [0.717, 1.165) is 24.1 Å². The molecule has 2 aliphatic rings. The van der Waals surface area contributed by atoms with Crippen molar-refractivity contribution in [2.45, 2.75) is 70.2 Å². The molecule has 2 aromatic rings. The first-order valence-corrected chi connectivity index (χ1v) is 13.7. The van der Waals surface area contributed by atoms with Crippen molar-refractivity contribution in [3.8, 4) is 11.5 Å². The minimum atomic E-state index is -0.848. The number of benzene rings is 1. The lowest BCUT2D eigenvalue weighted by atomic mass is 10.0. The summed E-state index contributed by atoms with van der Waals surface area (Å²) in [6.07, 6.45) is 4.91. The van der Waals surface area contributed by atoms with Crippen molar-refractivity contribution in [1.29, 1.82) is 0 Å². The predicted octanol–water partition coefficient (Wildman–Crippen LogP) is 1.56.